The topological polar surface area (TPSA) is 46.2 Å². The van der Waals surface area contributed by atoms with Gasteiger partial charge in [-0.15, -0.1) is 6.58 Å². The van der Waals surface area contributed by atoms with Gasteiger partial charge in [0.2, 0.25) is 0 Å². The summed E-state index contributed by atoms with van der Waals surface area (Å²) in [6.07, 6.45) is 1.55. The van der Waals surface area contributed by atoms with Gasteiger partial charge in [0, 0.05) is 10.0 Å². The molecule has 0 saturated carbocycles. The normalized spacial score (nSPS) is 12.5. The second kappa shape index (κ2) is 4.13. The molecular formula is C9H9BrClNO. The fourth-order valence-corrected chi connectivity index (χ4v) is 1.46. The summed E-state index contributed by atoms with van der Waals surface area (Å²) in [6, 6.07) is 2.75. The molecule has 0 aromatic heterocycles. The molecule has 1 aromatic rings. The molecule has 0 radical (unpaired) electrons. The summed E-state index contributed by atoms with van der Waals surface area (Å²) in [5.41, 5.74) is 6.28. The quantitative estimate of drug-likeness (QED) is 0.805. The third kappa shape index (κ3) is 2.24. The minimum absolute atomic E-state index is 0.0839. The Labute approximate surface area is 90.1 Å². The predicted molar refractivity (Wildman–Crippen MR) is 57.9 cm³/mol. The number of hydrogen-bond acceptors (Lipinski definition) is 2. The smallest absolute Gasteiger partial charge is 0.122 e. The maximum atomic E-state index is 9.48. The Hall–Kier alpha value is -0.510. The van der Waals surface area contributed by atoms with Crippen LogP contribution in [-0.4, -0.2) is 5.11 Å². The van der Waals surface area contributed by atoms with Gasteiger partial charge in [-0.2, -0.15) is 0 Å². The van der Waals surface area contributed by atoms with Crippen molar-refractivity contribution in [3.63, 3.8) is 0 Å². The van der Waals surface area contributed by atoms with Gasteiger partial charge < -0.3 is 10.8 Å². The molecule has 13 heavy (non-hydrogen) atoms. The van der Waals surface area contributed by atoms with E-state index < -0.39 is 0 Å². The van der Waals surface area contributed by atoms with E-state index in [-0.39, 0.29) is 11.8 Å². The zero-order chi connectivity index (χ0) is 10.0. The van der Waals surface area contributed by atoms with E-state index in [0.717, 1.165) is 0 Å². The Bertz CT molecular complexity index is 341. The summed E-state index contributed by atoms with van der Waals surface area (Å²) in [5.74, 6) is 0.0839. The van der Waals surface area contributed by atoms with E-state index in [9.17, 15) is 5.11 Å². The van der Waals surface area contributed by atoms with Gasteiger partial charge in [0.1, 0.15) is 5.75 Å². The number of phenolic OH excluding ortho intramolecular Hbond substituents is 1. The summed E-state index contributed by atoms with van der Waals surface area (Å²) >= 11 is 9.01. The highest BCUT2D eigenvalue weighted by atomic mass is 79.9. The molecule has 0 aliphatic heterocycles. The molecule has 70 valence electrons. The van der Waals surface area contributed by atoms with Crippen LogP contribution in [0.5, 0.6) is 5.75 Å². The summed E-state index contributed by atoms with van der Waals surface area (Å²) in [7, 11) is 0. The molecule has 1 aromatic carbocycles. The van der Waals surface area contributed by atoms with Crippen LogP contribution in [0.15, 0.2) is 29.3 Å². The molecule has 0 heterocycles. The van der Waals surface area contributed by atoms with E-state index in [0.29, 0.717) is 15.1 Å². The van der Waals surface area contributed by atoms with Crippen LogP contribution in [0.1, 0.15) is 11.6 Å². The lowest BCUT2D eigenvalue weighted by atomic mass is 10.1. The van der Waals surface area contributed by atoms with Crippen LogP contribution in [0.3, 0.4) is 0 Å². The summed E-state index contributed by atoms with van der Waals surface area (Å²) in [4.78, 5) is 0. The van der Waals surface area contributed by atoms with Gasteiger partial charge in [0.25, 0.3) is 0 Å². The summed E-state index contributed by atoms with van der Waals surface area (Å²) < 4.78 is 0.708. The van der Waals surface area contributed by atoms with Crippen molar-refractivity contribution in [1.82, 2.24) is 0 Å². The third-order valence-corrected chi connectivity index (χ3v) is 2.88. The lowest BCUT2D eigenvalue weighted by Crippen LogP contribution is -2.06. The van der Waals surface area contributed by atoms with Crippen LogP contribution in [0.4, 0.5) is 0 Å². The molecular weight excluding hydrogens is 253 g/mol. The molecule has 1 unspecified atom stereocenters. The highest BCUT2D eigenvalue weighted by molar-refractivity contribution is 9.10. The van der Waals surface area contributed by atoms with Crippen molar-refractivity contribution in [2.24, 2.45) is 5.73 Å². The third-order valence-electron chi connectivity index (χ3n) is 1.68. The van der Waals surface area contributed by atoms with Crippen molar-refractivity contribution in [2.75, 3.05) is 0 Å². The first-order chi connectivity index (χ1) is 6.06. The van der Waals surface area contributed by atoms with Crippen LogP contribution in [0.2, 0.25) is 5.02 Å². The second-order valence-corrected chi connectivity index (χ2v) is 3.85. The van der Waals surface area contributed by atoms with E-state index in [1.807, 2.05) is 0 Å². The average Bonchev–Trinajstić information content (AvgIpc) is 2.10. The van der Waals surface area contributed by atoms with Crippen molar-refractivity contribution >= 4 is 27.5 Å². The van der Waals surface area contributed by atoms with Gasteiger partial charge in [-0.05, 0) is 28.1 Å². The number of phenols is 1. The minimum atomic E-state index is -0.381. The first-order valence-corrected chi connectivity index (χ1v) is 4.79. The Morgan fingerprint density at radius 1 is 1.62 bits per heavy atom. The zero-order valence-electron chi connectivity index (χ0n) is 6.80. The summed E-state index contributed by atoms with van der Waals surface area (Å²) in [6.45, 7) is 3.55. The maximum absolute atomic E-state index is 9.48. The highest BCUT2D eigenvalue weighted by Gasteiger charge is 2.10. The first-order valence-electron chi connectivity index (χ1n) is 3.62. The largest absolute Gasteiger partial charge is 0.508 e. The number of aromatic hydroxyl groups is 1. The lowest BCUT2D eigenvalue weighted by Gasteiger charge is -2.10. The number of rotatable bonds is 2. The Kier molecular flexibility index (Phi) is 3.36. The molecule has 1 rings (SSSR count). The SMILES string of the molecule is C=CC(N)c1cc(Br)c(Cl)cc1O. The van der Waals surface area contributed by atoms with Crippen LogP contribution in [0.25, 0.3) is 0 Å². The van der Waals surface area contributed by atoms with Crippen molar-refractivity contribution in [3.8, 4) is 5.75 Å². The molecule has 1 atom stereocenters. The summed E-state index contributed by atoms with van der Waals surface area (Å²) in [5, 5.41) is 9.94. The van der Waals surface area contributed by atoms with Crippen LogP contribution >= 0.6 is 27.5 Å². The lowest BCUT2D eigenvalue weighted by molar-refractivity contribution is 0.466. The van der Waals surface area contributed by atoms with Gasteiger partial charge in [0.05, 0.1) is 11.1 Å². The van der Waals surface area contributed by atoms with E-state index in [2.05, 4.69) is 22.5 Å². The van der Waals surface area contributed by atoms with Gasteiger partial charge in [-0.3, -0.25) is 0 Å². The van der Waals surface area contributed by atoms with Gasteiger partial charge in [-0.25, -0.2) is 0 Å². The first kappa shape index (κ1) is 10.6. The number of benzene rings is 1. The standard InChI is InChI=1S/C9H9BrClNO/c1-2-8(12)5-3-6(10)7(11)4-9(5)13/h2-4,8,13H,1,12H2. The Balaban J connectivity index is 3.22. The number of halogens is 2. The van der Waals surface area contributed by atoms with Gasteiger partial charge >= 0.3 is 0 Å². The van der Waals surface area contributed by atoms with E-state index >= 15 is 0 Å². The van der Waals surface area contributed by atoms with Crippen molar-refractivity contribution in [3.05, 3.63) is 39.8 Å². The molecule has 0 spiro atoms. The number of hydrogen-bond donors (Lipinski definition) is 2. The van der Waals surface area contributed by atoms with E-state index in [1.165, 1.54) is 6.07 Å². The van der Waals surface area contributed by atoms with Gasteiger partial charge in [-0.1, -0.05) is 17.7 Å². The maximum Gasteiger partial charge on any atom is 0.122 e. The monoisotopic (exact) mass is 261 g/mol. The molecule has 3 N–H and O–H groups in total. The van der Waals surface area contributed by atoms with E-state index in [4.69, 9.17) is 17.3 Å². The van der Waals surface area contributed by atoms with Crippen molar-refractivity contribution < 1.29 is 5.11 Å². The Morgan fingerprint density at radius 2 is 2.23 bits per heavy atom. The molecule has 0 aliphatic carbocycles. The predicted octanol–water partition coefficient (Wildman–Crippen LogP) is 2.99. The van der Waals surface area contributed by atoms with Crippen LogP contribution in [-0.2, 0) is 0 Å². The fourth-order valence-electron chi connectivity index (χ4n) is 0.946. The number of nitrogens with two attached hydrogens (primary N) is 1. The average molecular weight is 263 g/mol. The second-order valence-electron chi connectivity index (χ2n) is 2.59. The highest BCUT2D eigenvalue weighted by Crippen LogP contribution is 2.32. The van der Waals surface area contributed by atoms with E-state index in [1.54, 1.807) is 12.1 Å². The van der Waals surface area contributed by atoms with Crippen LogP contribution in [0, 0.1) is 0 Å². The molecule has 4 heteroatoms. The van der Waals surface area contributed by atoms with Crippen LogP contribution < -0.4 is 5.73 Å². The molecule has 2 nitrogen and oxygen atoms in total. The molecule has 0 bridgehead atoms. The molecule has 0 aliphatic rings. The zero-order valence-corrected chi connectivity index (χ0v) is 9.14. The molecule has 0 amide bonds. The minimum Gasteiger partial charge on any atom is -0.508 e. The van der Waals surface area contributed by atoms with Crippen molar-refractivity contribution in [1.29, 1.82) is 0 Å². The molecule has 0 fully saturated rings. The fraction of sp³-hybridized carbons (Fsp3) is 0.111. The van der Waals surface area contributed by atoms with Gasteiger partial charge in [0.15, 0.2) is 0 Å². The Morgan fingerprint density at radius 3 is 2.77 bits per heavy atom. The van der Waals surface area contributed by atoms with Crippen molar-refractivity contribution in [2.45, 2.75) is 6.04 Å². The molecule has 0 saturated heterocycles.